The fourth-order valence-electron chi connectivity index (χ4n) is 0.963. The molecule has 0 unspecified atom stereocenters. The summed E-state index contributed by atoms with van der Waals surface area (Å²) in [5.74, 6) is -2.83. The topological polar surface area (TPSA) is 120 Å². The van der Waals surface area contributed by atoms with E-state index in [-0.39, 0.29) is 86.6 Å². The van der Waals surface area contributed by atoms with Gasteiger partial charge in [-0.1, -0.05) is 40.0 Å². The molecule has 0 radical (unpaired) electrons. The van der Waals surface area contributed by atoms with E-state index >= 15 is 0 Å². The van der Waals surface area contributed by atoms with Gasteiger partial charge in [0.1, 0.15) is 0 Å². The summed E-state index contributed by atoms with van der Waals surface area (Å²) in [6.07, 6.45) is 5.60. The molecule has 0 spiro atoms. The second-order valence-corrected chi connectivity index (χ2v) is 4.43. The van der Waals surface area contributed by atoms with Crippen LogP contribution in [0.25, 0.3) is 0 Å². The van der Waals surface area contributed by atoms with Gasteiger partial charge in [0.15, 0.2) is 0 Å². The van der Waals surface area contributed by atoms with Gasteiger partial charge in [0.2, 0.25) is 0 Å². The average molecular weight is 366 g/mol. The molecule has 0 saturated heterocycles. The summed E-state index contributed by atoms with van der Waals surface area (Å²) in [5, 5.41) is 28.9. The molecule has 0 fully saturated rings. The van der Waals surface area contributed by atoms with Crippen LogP contribution < -0.4 is 44.9 Å². The van der Waals surface area contributed by atoms with E-state index in [9.17, 15) is 29.7 Å². The number of carbonyl (C=O) groups is 3. The number of rotatable bonds is 9. The molecule has 0 aliphatic carbocycles. The molecule has 0 N–H and O–H groups in total. The number of unbranched alkanes of at least 4 members (excludes halogenated alkanes) is 3. The molecule has 0 aromatic heterocycles. The van der Waals surface area contributed by atoms with Crippen molar-refractivity contribution in [3.8, 4) is 0 Å². The first kappa shape index (κ1) is 34.9. The van der Waals surface area contributed by atoms with E-state index in [1.54, 1.807) is 0 Å². The number of hydrogen-bond donors (Lipinski definition) is 0. The van der Waals surface area contributed by atoms with Crippen molar-refractivity contribution >= 4 is 55.6 Å². The zero-order valence-corrected chi connectivity index (χ0v) is 19.2. The third-order valence-corrected chi connectivity index (χ3v) is 2.20. The second kappa shape index (κ2) is 30.5. The first-order valence-electron chi connectivity index (χ1n) is 7.41. The van der Waals surface area contributed by atoms with Crippen molar-refractivity contribution in [2.45, 2.75) is 78.6 Å². The molecule has 0 aromatic carbocycles. The molecule has 8 heteroatoms. The number of carbonyl (C=O) groups excluding carboxylic acids is 3. The minimum Gasteiger partial charge on any atom is -0.550 e. The Morgan fingerprint density at radius 3 is 0.826 bits per heavy atom. The zero-order valence-electron chi connectivity index (χ0n) is 15.0. The van der Waals surface area contributed by atoms with Gasteiger partial charge in [-0.25, -0.2) is 0 Å². The maximum Gasteiger partial charge on any atom is 2.00 e. The van der Waals surface area contributed by atoms with Crippen LogP contribution in [0.4, 0.5) is 0 Å². The molecule has 0 saturated carbocycles. The van der Waals surface area contributed by atoms with Gasteiger partial charge in [-0.2, -0.15) is 0 Å². The van der Waals surface area contributed by atoms with Crippen molar-refractivity contribution in [1.82, 2.24) is 0 Å². The van der Waals surface area contributed by atoms with E-state index in [2.05, 4.69) is 0 Å². The van der Waals surface area contributed by atoms with Crippen LogP contribution in [0.15, 0.2) is 0 Å². The maximum atomic E-state index is 9.65. The van der Waals surface area contributed by atoms with Gasteiger partial charge in [-0.05, 0) is 38.5 Å². The summed E-state index contributed by atoms with van der Waals surface area (Å²) < 4.78 is 0. The predicted molar refractivity (Wildman–Crippen MR) is 79.4 cm³/mol. The Balaban J connectivity index is -0.0000000675. The smallest absolute Gasteiger partial charge is 0.550 e. The molecule has 0 atom stereocenters. The monoisotopic (exact) mass is 366 g/mol. The average Bonchev–Trinajstić information content (AvgIpc) is 2.41. The molecule has 0 aromatic rings. The predicted octanol–water partition coefficient (Wildman–Crippen LogP) is -3.60. The molecule has 0 aliphatic rings. The standard InChI is InChI=1S/3C5H10O2.Ca.Na/c3*1-2-3-4-5(6)7;;/h3*2-4H2,1H3,(H,6,7);;/q;;;+2;+1/p-3. The largest absolute Gasteiger partial charge is 2.00 e. The fraction of sp³-hybridized carbons (Fsp3) is 0.800. The Hall–Kier alpha value is 0.670. The Bertz CT molecular complexity index is 232. The number of carboxylic acid groups (broad SMARTS) is 3. The summed E-state index contributed by atoms with van der Waals surface area (Å²) in [7, 11) is 0. The number of hydrogen-bond acceptors (Lipinski definition) is 6. The summed E-state index contributed by atoms with van der Waals surface area (Å²) >= 11 is 0. The molecule has 126 valence electrons. The minimum absolute atomic E-state index is 0. The van der Waals surface area contributed by atoms with Crippen molar-refractivity contribution in [2.75, 3.05) is 0 Å². The molecule has 0 rings (SSSR count). The molecular formula is C15H27CaNaO6. The minimum atomic E-state index is -0.943. The molecule has 0 aliphatic heterocycles. The summed E-state index contributed by atoms with van der Waals surface area (Å²) in [5.41, 5.74) is 0. The van der Waals surface area contributed by atoms with Crippen molar-refractivity contribution in [1.29, 1.82) is 0 Å². The fourth-order valence-corrected chi connectivity index (χ4v) is 0.963. The molecule has 0 heterocycles. The first-order chi connectivity index (χ1) is 9.81. The van der Waals surface area contributed by atoms with Gasteiger partial charge in [-0.15, -0.1) is 0 Å². The summed E-state index contributed by atoms with van der Waals surface area (Å²) in [6.45, 7) is 5.84. The Morgan fingerprint density at radius 1 is 0.609 bits per heavy atom. The Labute approximate surface area is 191 Å². The van der Waals surface area contributed by atoms with Gasteiger partial charge >= 0.3 is 67.3 Å². The molecule has 6 nitrogen and oxygen atoms in total. The van der Waals surface area contributed by atoms with Crippen LogP contribution in [0.2, 0.25) is 0 Å². The van der Waals surface area contributed by atoms with Crippen LogP contribution in [0.3, 0.4) is 0 Å². The van der Waals surface area contributed by atoms with Crippen LogP contribution in [-0.4, -0.2) is 55.6 Å². The second-order valence-electron chi connectivity index (χ2n) is 4.43. The van der Waals surface area contributed by atoms with Crippen molar-refractivity contribution in [2.24, 2.45) is 0 Å². The van der Waals surface area contributed by atoms with Crippen molar-refractivity contribution < 1.29 is 59.3 Å². The normalized spacial score (nSPS) is 7.96. The van der Waals surface area contributed by atoms with Gasteiger partial charge < -0.3 is 29.7 Å². The van der Waals surface area contributed by atoms with Gasteiger partial charge in [0, 0.05) is 17.9 Å². The molecule has 23 heavy (non-hydrogen) atoms. The van der Waals surface area contributed by atoms with Crippen LogP contribution in [0, 0.1) is 0 Å². The van der Waals surface area contributed by atoms with Crippen LogP contribution in [-0.2, 0) is 14.4 Å². The third-order valence-electron chi connectivity index (χ3n) is 2.20. The van der Waals surface area contributed by atoms with E-state index in [0.717, 1.165) is 38.5 Å². The van der Waals surface area contributed by atoms with Crippen molar-refractivity contribution in [3.63, 3.8) is 0 Å². The summed E-state index contributed by atoms with van der Waals surface area (Å²) in [4.78, 5) is 28.9. The van der Waals surface area contributed by atoms with Crippen LogP contribution in [0.1, 0.15) is 78.6 Å². The SMILES string of the molecule is CCCCC(=O)[O-].CCCCC(=O)[O-].CCCCC(=O)[O-].[Ca+2].[Na+]. The zero-order chi connectivity index (χ0) is 17.1. The van der Waals surface area contributed by atoms with Gasteiger partial charge in [0.25, 0.3) is 0 Å². The maximum absolute atomic E-state index is 9.65. The Kier molecular flexibility index (Phi) is 46.3. The first-order valence-corrected chi connectivity index (χ1v) is 7.41. The van der Waals surface area contributed by atoms with E-state index in [4.69, 9.17) is 0 Å². The molecule has 0 amide bonds. The third kappa shape index (κ3) is 60.3. The van der Waals surface area contributed by atoms with Crippen LogP contribution >= 0.6 is 0 Å². The Morgan fingerprint density at radius 2 is 0.783 bits per heavy atom. The quantitative estimate of drug-likeness (QED) is 0.389. The van der Waals surface area contributed by atoms with E-state index in [0.29, 0.717) is 0 Å². The van der Waals surface area contributed by atoms with Gasteiger partial charge in [0.05, 0.1) is 0 Å². The van der Waals surface area contributed by atoms with E-state index in [1.807, 2.05) is 20.8 Å². The van der Waals surface area contributed by atoms with E-state index in [1.165, 1.54) is 0 Å². The van der Waals surface area contributed by atoms with Crippen molar-refractivity contribution in [3.05, 3.63) is 0 Å². The summed E-state index contributed by atoms with van der Waals surface area (Å²) in [6, 6.07) is 0. The number of carboxylic acids is 3. The van der Waals surface area contributed by atoms with E-state index < -0.39 is 17.9 Å². The van der Waals surface area contributed by atoms with Gasteiger partial charge in [-0.3, -0.25) is 0 Å². The number of aliphatic carboxylic acids is 3. The molecule has 0 bridgehead atoms. The van der Waals surface area contributed by atoms with Crippen LogP contribution in [0.5, 0.6) is 0 Å². The molecular weight excluding hydrogens is 339 g/mol.